The molecule has 1 fully saturated rings. The highest BCUT2D eigenvalue weighted by Crippen LogP contribution is 2.24. The Balaban J connectivity index is 1.82. The van der Waals surface area contributed by atoms with Gasteiger partial charge in [0.15, 0.2) is 0 Å². The van der Waals surface area contributed by atoms with E-state index in [2.05, 4.69) is 20.5 Å². The van der Waals surface area contributed by atoms with E-state index in [9.17, 15) is 0 Å². The van der Waals surface area contributed by atoms with Crippen molar-refractivity contribution in [3.63, 3.8) is 0 Å². The van der Waals surface area contributed by atoms with E-state index < -0.39 is 0 Å². The van der Waals surface area contributed by atoms with E-state index in [1.807, 2.05) is 19.1 Å². The van der Waals surface area contributed by atoms with Gasteiger partial charge in [-0.15, -0.1) is 10.2 Å². The van der Waals surface area contributed by atoms with Gasteiger partial charge in [0, 0.05) is 11.9 Å². The molecule has 1 aliphatic rings. The second-order valence-electron chi connectivity index (χ2n) is 4.64. The number of hydrogen-bond acceptors (Lipinski definition) is 5. The smallest absolute Gasteiger partial charge is 0.249 e. The third-order valence-corrected chi connectivity index (χ3v) is 3.21. The third-order valence-electron chi connectivity index (χ3n) is 3.21. The van der Waals surface area contributed by atoms with E-state index in [0.717, 1.165) is 24.2 Å². The molecule has 0 bridgehead atoms. The summed E-state index contributed by atoms with van der Waals surface area (Å²) in [6.45, 7) is 2.98. The Hall–Kier alpha value is -1.75. The highest BCUT2D eigenvalue weighted by molar-refractivity contribution is 5.50. The molecule has 5 heteroatoms. The molecule has 0 radical (unpaired) electrons. The van der Waals surface area contributed by atoms with Gasteiger partial charge in [0.05, 0.1) is 11.6 Å². The maximum absolute atomic E-state index is 5.72. The summed E-state index contributed by atoms with van der Waals surface area (Å²) in [4.78, 5) is 4.23. The average Bonchev–Trinajstić information content (AvgIpc) is 2.90. The Morgan fingerprint density at radius 3 is 2.94 bits per heavy atom. The molecular formula is C13H16N4O. The molecule has 5 nitrogen and oxygen atoms in total. The third kappa shape index (κ3) is 2.26. The molecule has 2 aromatic rings. The first-order valence-corrected chi connectivity index (χ1v) is 6.33. The Morgan fingerprint density at radius 1 is 1.28 bits per heavy atom. The molecule has 1 unspecified atom stereocenters. The van der Waals surface area contributed by atoms with Crippen molar-refractivity contribution in [1.29, 1.82) is 0 Å². The van der Waals surface area contributed by atoms with E-state index >= 15 is 0 Å². The highest BCUT2D eigenvalue weighted by Gasteiger charge is 2.21. The molecular weight excluding hydrogens is 228 g/mol. The zero-order valence-corrected chi connectivity index (χ0v) is 10.4. The molecule has 0 aromatic carbocycles. The van der Waals surface area contributed by atoms with Gasteiger partial charge >= 0.3 is 0 Å². The van der Waals surface area contributed by atoms with Gasteiger partial charge in [-0.05, 0) is 38.4 Å². The van der Waals surface area contributed by atoms with Gasteiger partial charge in [-0.1, -0.05) is 6.42 Å². The summed E-state index contributed by atoms with van der Waals surface area (Å²) >= 11 is 0. The van der Waals surface area contributed by atoms with Crippen LogP contribution in [0, 0.1) is 6.92 Å². The second-order valence-corrected chi connectivity index (χ2v) is 4.64. The van der Waals surface area contributed by atoms with Crippen LogP contribution in [0.2, 0.25) is 0 Å². The van der Waals surface area contributed by atoms with Crippen LogP contribution in [0.15, 0.2) is 22.7 Å². The number of aromatic nitrogens is 3. The number of piperidine rings is 1. The van der Waals surface area contributed by atoms with Crippen LogP contribution in [0.1, 0.15) is 36.9 Å². The normalized spacial score (nSPS) is 19.9. The lowest BCUT2D eigenvalue weighted by Gasteiger charge is -2.19. The number of rotatable bonds is 2. The van der Waals surface area contributed by atoms with Crippen LogP contribution >= 0.6 is 0 Å². The Labute approximate surface area is 106 Å². The first kappa shape index (κ1) is 11.3. The van der Waals surface area contributed by atoms with E-state index in [4.69, 9.17) is 4.42 Å². The average molecular weight is 244 g/mol. The molecule has 1 saturated heterocycles. The Morgan fingerprint density at radius 2 is 2.22 bits per heavy atom. The first-order chi connectivity index (χ1) is 8.83. The summed E-state index contributed by atoms with van der Waals surface area (Å²) in [6, 6.07) is 4.10. The van der Waals surface area contributed by atoms with Crippen LogP contribution in [-0.4, -0.2) is 21.7 Å². The van der Waals surface area contributed by atoms with Crippen molar-refractivity contribution >= 4 is 0 Å². The molecule has 0 aliphatic carbocycles. The standard InChI is InChI=1S/C13H16N4O/c1-9-5-6-10(8-15-9)12-16-17-13(18-12)11-4-2-3-7-14-11/h5-6,8,11,14H,2-4,7H2,1H3. The molecule has 3 heterocycles. The molecule has 1 aliphatic heterocycles. The molecule has 2 aromatic heterocycles. The monoisotopic (exact) mass is 244 g/mol. The van der Waals surface area contributed by atoms with Gasteiger partial charge in [-0.3, -0.25) is 4.98 Å². The predicted molar refractivity (Wildman–Crippen MR) is 66.9 cm³/mol. The second kappa shape index (κ2) is 4.86. The molecule has 0 amide bonds. The number of nitrogens with one attached hydrogen (secondary N) is 1. The minimum atomic E-state index is 0.207. The molecule has 3 rings (SSSR count). The van der Waals surface area contributed by atoms with Crippen molar-refractivity contribution in [2.75, 3.05) is 6.54 Å². The summed E-state index contributed by atoms with van der Waals surface area (Å²) in [5.41, 5.74) is 1.85. The van der Waals surface area contributed by atoms with Gasteiger partial charge in [0.1, 0.15) is 0 Å². The molecule has 1 N–H and O–H groups in total. The first-order valence-electron chi connectivity index (χ1n) is 6.33. The predicted octanol–water partition coefficient (Wildman–Crippen LogP) is 2.25. The van der Waals surface area contributed by atoms with Crippen molar-refractivity contribution in [1.82, 2.24) is 20.5 Å². The molecule has 0 spiro atoms. The molecule has 1 atom stereocenters. The van der Waals surface area contributed by atoms with Gasteiger partial charge in [0.25, 0.3) is 0 Å². The lowest BCUT2D eigenvalue weighted by Crippen LogP contribution is -2.26. The number of nitrogens with zero attached hydrogens (tertiary/aromatic N) is 3. The maximum atomic E-state index is 5.72. The van der Waals surface area contributed by atoms with Crippen LogP contribution in [0.25, 0.3) is 11.5 Å². The lowest BCUT2D eigenvalue weighted by molar-refractivity contribution is 0.342. The van der Waals surface area contributed by atoms with Gasteiger partial charge in [-0.25, -0.2) is 0 Å². The number of pyridine rings is 1. The zero-order chi connectivity index (χ0) is 12.4. The van der Waals surface area contributed by atoms with Crippen LogP contribution in [0.3, 0.4) is 0 Å². The molecule has 18 heavy (non-hydrogen) atoms. The SMILES string of the molecule is Cc1ccc(-c2nnc(C3CCCCN3)o2)cn1. The van der Waals surface area contributed by atoms with E-state index in [0.29, 0.717) is 11.8 Å². The van der Waals surface area contributed by atoms with Gasteiger partial charge in [0.2, 0.25) is 11.8 Å². The number of hydrogen-bond donors (Lipinski definition) is 1. The fourth-order valence-electron chi connectivity index (χ4n) is 2.15. The lowest BCUT2D eigenvalue weighted by atomic mass is 10.1. The summed E-state index contributed by atoms with van der Waals surface area (Å²) in [7, 11) is 0. The Bertz CT molecular complexity index is 514. The number of aryl methyl sites for hydroxylation is 1. The van der Waals surface area contributed by atoms with E-state index in [1.54, 1.807) is 6.20 Å². The van der Waals surface area contributed by atoms with Crippen molar-refractivity contribution in [2.45, 2.75) is 32.2 Å². The van der Waals surface area contributed by atoms with E-state index in [-0.39, 0.29) is 6.04 Å². The van der Waals surface area contributed by atoms with Crippen LogP contribution in [0.5, 0.6) is 0 Å². The topological polar surface area (TPSA) is 63.8 Å². The quantitative estimate of drug-likeness (QED) is 0.877. The summed E-state index contributed by atoms with van der Waals surface area (Å²) in [6.07, 6.45) is 5.26. The highest BCUT2D eigenvalue weighted by atomic mass is 16.4. The molecule has 94 valence electrons. The minimum absolute atomic E-state index is 0.207. The van der Waals surface area contributed by atoms with E-state index in [1.165, 1.54) is 12.8 Å². The Kier molecular flexibility index (Phi) is 3.06. The minimum Gasteiger partial charge on any atom is -0.419 e. The van der Waals surface area contributed by atoms with Crippen molar-refractivity contribution < 1.29 is 4.42 Å². The summed E-state index contributed by atoms with van der Waals surface area (Å²) < 4.78 is 5.72. The maximum Gasteiger partial charge on any atom is 0.249 e. The largest absolute Gasteiger partial charge is 0.419 e. The van der Waals surface area contributed by atoms with Gasteiger partial charge in [-0.2, -0.15) is 0 Å². The summed E-state index contributed by atoms with van der Waals surface area (Å²) in [5, 5.41) is 11.6. The van der Waals surface area contributed by atoms with Crippen molar-refractivity contribution in [3.05, 3.63) is 29.9 Å². The van der Waals surface area contributed by atoms with Crippen molar-refractivity contribution in [2.24, 2.45) is 0 Å². The fraction of sp³-hybridized carbons (Fsp3) is 0.462. The van der Waals surface area contributed by atoms with Crippen molar-refractivity contribution in [3.8, 4) is 11.5 Å². The molecule has 0 saturated carbocycles. The fourth-order valence-corrected chi connectivity index (χ4v) is 2.15. The van der Waals surface area contributed by atoms with Crippen LogP contribution < -0.4 is 5.32 Å². The van der Waals surface area contributed by atoms with Crippen LogP contribution in [-0.2, 0) is 0 Å². The van der Waals surface area contributed by atoms with Crippen LogP contribution in [0.4, 0.5) is 0 Å². The zero-order valence-electron chi connectivity index (χ0n) is 10.4. The summed E-state index contributed by atoms with van der Waals surface area (Å²) in [5.74, 6) is 1.23. The van der Waals surface area contributed by atoms with Gasteiger partial charge < -0.3 is 9.73 Å².